The standard InChI is InChI=1S/C21H25F3N4O5/c1-19(2,3)31-17(29)28(18(30)32-20(4,5)6)15-11-16(26-12-25-15)33-27-14-9-7-8-13(10-14)21(22,23)24/h7-12,27H,1-6H3. The zero-order valence-electron chi connectivity index (χ0n) is 19.0. The Labute approximate surface area is 188 Å². The van der Waals surface area contributed by atoms with Crippen LogP contribution in [0.2, 0.25) is 0 Å². The Morgan fingerprint density at radius 1 is 0.909 bits per heavy atom. The first kappa shape index (κ1) is 25.7. The second-order valence-electron chi connectivity index (χ2n) is 8.79. The molecule has 9 nitrogen and oxygen atoms in total. The summed E-state index contributed by atoms with van der Waals surface area (Å²) >= 11 is 0. The first-order chi connectivity index (χ1) is 15.0. The molecule has 0 unspecified atom stereocenters. The summed E-state index contributed by atoms with van der Waals surface area (Å²) in [6, 6.07) is 5.43. The van der Waals surface area contributed by atoms with E-state index in [-0.39, 0.29) is 17.4 Å². The van der Waals surface area contributed by atoms with Gasteiger partial charge < -0.3 is 14.3 Å². The van der Waals surface area contributed by atoms with Gasteiger partial charge in [0.1, 0.15) is 17.5 Å². The second-order valence-corrected chi connectivity index (χ2v) is 8.79. The van der Waals surface area contributed by atoms with Crippen LogP contribution in [0, 0.1) is 0 Å². The van der Waals surface area contributed by atoms with Crippen LogP contribution in [0.5, 0.6) is 5.88 Å². The van der Waals surface area contributed by atoms with Gasteiger partial charge >= 0.3 is 18.4 Å². The minimum absolute atomic E-state index is 0.00104. The molecule has 33 heavy (non-hydrogen) atoms. The van der Waals surface area contributed by atoms with Gasteiger partial charge in [0.05, 0.1) is 11.3 Å². The van der Waals surface area contributed by atoms with Gasteiger partial charge in [0.25, 0.3) is 5.88 Å². The third-order valence-electron chi connectivity index (χ3n) is 3.47. The molecule has 0 saturated carbocycles. The lowest BCUT2D eigenvalue weighted by Gasteiger charge is -2.28. The fourth-order valence-corrected chi connectivity index (χ4v) is 2.25. The molecular formula is C21H25F3N4O5. The van der Waals surface area contributed by atoms with E-state index < -0.39 is 35.1 Å². The number of amides is 2. The number of anilines is 2. The maximum absolute atomic E-state index is 12.9. The molecule has 0 saturated heterocycles. The van der Waals surface area contributed by atoms with Gasteiger partial charge in [0.2, 0.25) is 0 Å². The highest BCUT2D eigenvalue weighted by Gasteiger charge is 2.34. The molecule has 1 aromatic heterocycles. The summed E-state index contributed by atoms with van der Waals surface area (Å²) in [5.41, 5.74) is -0.384. The number of aromatic nitrogens is 2. The fourth-order valence-electron chi connectivity index (χ4n) is 2.25. The number of nitrogens with one attached hydrogen (secondary N) is 1. The number of halogens is 3. The van der Waals surface area contributed by atoms with E-state index in [0.29, 0.717) is 4.90 Å². The van der Waals surface area contributed by atoms with Crippen molar-refractivity contribution in [3.05, 3.63) is 42.2 Å². The molecule has 0 fully saturated rings. The molecule has 12 heteroatoms. The Bertz CT molecular complexity index is 972. The summed E-state index contributed by atoms with van der Waals surface area (Å²) in [6.07, 6.45) is -5.62. The van der Waals surface area contributed by atoms with E-state index in [1.165, 1.54) is 12.1 Å². The van der Waals surface area contributed by atoms with Gasteiger partial charge in [-0.3, -0.25) is 0 Å². The molecule has 0 aliphatic heterocycles. The average molecular weight is 470 g/mol. The van der Waals surface area contributed by atoms with Gasteiger partial charge in [-0.15, -0.1) is 0 Å². The van der Waals surface area contributed by atoms with E-state index in [1.54, 1.807) is 41.5 Å². The molecule has 180 valence electrons. The van der Waals surface area contributed by atoms with Crippen LogP contribution >= 0.6 is 0 Å². The molecule has 2 rings (SSSR count). The van der Waals surface area contributed by atoms with Gasteiger partial charge in [-0.25, -0.2) is 20.1 Å². The van der Waals surface area contributed by atoms with Gasteiger partial charge in [-0.1, -0.05) is 6.07 Å². The highest BCUT2D eigenvalue weighted by molar-refractivity contribution is 6.08. The maximum atomic E-state index is 12.9. The van der Waals surface area contributed by atoms with Crippen molar-refractivity contribution in [1.82, 2.24) is 9.97 Å². The number of carbonyl (C=O) groups excluding carboxylic acids is 2. The van der Waals surface area contributed by atoms with E-state index >= 15 is 0 Å². The zero-order chi connectivity index (χ0) is 25.0. The van der Waals surface area contributed by atoms with E-state index in [1.807, 2.05) is 0 Å². The predicted octanol–water partition coefficient (Wildman–Crippen LogP) is 5.58. The van der Waals surface area contributed by atoms with Crippen molar-refractivity contribution in [3.8, 4) is 5.88 Å². The Hall–Kier alpha value is -3.57. The lowest BCUT2D eigenvalue weighted by Crippen LogP contribution is -2.44. The summed E-state index contributed by atoms with van der Waals surface area (Å²) < 4.78 is 49.2. The lowest BCUT2D eigenvalue weighted by atomic mass is 10.2. The summed E-state index contributed by atoms with van der Waals surface area (Å²) in [5, 5.41) is 0. The molecule has 1 N–H and O–H groups in total. The Morgan fingerprint density at radius 3 is 2.00 bits per heavy atom. The number of benzene rings is 1. The second kappa shape index (κ2) is 9.51. The molecule has 1 heterocycles. The lowest BCUT2D eigenvalue weighted by molar-refractivity contribution is -0.137. The van der Waals surface area contributed by atoms with Crippen LogP contribution in [0.3, 0.4) is 0 Å². The highest BCUT2D eigenvalue weighted by atomic mass is 19.4. The molecule has 0 aliphatic rings. The van der Waals surface area contributed by atoms with Crippen molar-refractivity contribution in [2.45, 2.75) is 58.9 Å². The molecule has 1 aromatic carbocycles. The first-order valence-corrected chi connectivity index (χ1v) is 9.73. The Kier molecular flexibility index (Phi) is 7.40. The van der Waals surface area contributed by atoms with E-state index in [9.17, 15) is 22.8 Å². The smallest absolute Gasteiger partial charge is 0.425 e. The average Bonchev–Trinajstić information content (AvgIpc) is 2.63. The van der Waals surface area contributed by atoms with Crippen molar-refractivity contribution in [2.24, 2.45) is 0 Å². The maximum Gasteiger partial charge on any atom is 0.425 e. The minimum Gasteiger partial charge on any atom is -0.443 e. The molecular weight excluding hydrogens is 445 g/mol. The van der Waals surface area contributed by atoms with Crippen LogP contribution in [0.15, 0.2) is 36.7 Å². The Balaban J connectivity index is 2.28. The number of nitrogens with zero attached hydrogens (tertiary/aromatic N) is 3. The quantitative estimate of drug-likeness (QED) is 0.578. The first-order valence-electron chi connectivity index (χ1n) is 9.73. The van der Waals surface area contributed by atoms with E-state index in [2.05, 4.69) is 15.4 Å². The van der Waals surface area contributed by atoms with Crippen LogP contribution < -0.4 is 15.2 Å². The molecule has 0 bridgehead atoms. The van der Waals surface area contributed by atoms with Gasteiger partial charge in [-0.05, 0) is 59.7 Å². The van der Waals surface area contributed by atoms with Crippen LogP contribution in [0.4, 0.5) is 34.3 Å². The molecule has 0 atom stereocenters. The van der Waals surface area contributed by atoms with Crippen LogP contribution in [0.25, 0.3) is 0 Å². The summed E-state index contributed by atoms with van der Waals surface area (Å²) in [7, 11) is 0. The normalized spacial score (nSPS) is 12.0. The van der Waals surface area contributed by atoms with Crippen LogP contribution in [0.1, 0.15) is 47.1 Å². The topological polar surface area (TPSA) is 103 Å². The van der Waals surface area contributed by atoms with Crippen molar-refractivity contribution < 1.29 is 37.1 Å². The number of imide groups is 1. The third kappa shape index (κ3) is 8.13. The van der Waals surface area contributed by atoms with Crippen molar-refractivity contribution >= 4 is 23.7 Å². The summed E-state index contributed by atoms with van der Waals surface area (Å²) in [6.45, 7) is 9.70. The van der Waals surface area contributed by atoms with Crippen LogP contribution in [-0.4, -0.2) is 33.4 Å². The van der Waals surface area contributed by atoms with Gasteiger partial charge in [-0.2, -0.15) is 23.1 Å². The van der Waals surface area contributed by atoms with Crippen molar-refractivity contribution in [3.63, 3.8) is 0 Å². The largest absolute Gasteiger partial charge is 0.443 e. The number of ether oxygens (including phenoxy) is 2. The van der Waals surface area contributed by atoms with Gasteiger partial charge in [0.15, 0.2) is 5.82 Å². The van der Waals surface area contributed by atoms with Crippen molar-refractivity contribution in [2.75, 3.05) is 10.4 Å². The molecule has 2 aromatic rings. The molecule has 0 radical (unpaired) electrons. The summed E-state index contributed by atoms with van der Waals surface area (Å²) in [4.78, 5) is 38.9. The Morgan fingerprint density at radius 2 is 1.48 bits per heavy atom. The molecule has 0 spiro atoms. The minimum atomic E-state index is -4.53. The SMILES string of the molecule is CC(C)(C)OC(=O)N(C(=O)OC(C)(C)C)c1cc(ONc2cccc(C(F)(F)F)c2)ncn1. The summed E-state index contributed by atoms with van der Waals surface area (Å²) in [5.74, 6) is -0.413. The number of hydrogen-bond acceptors (Lipinski definition) is 8. The zero-order valence-corrected chi connectivity index (χ0v) is 19.0. The number of alkyl halides is 3. The van der Waals surface area contributed by atoms with Crippen molar-refractivity contribution in [1.29, 1.82) is 0 Å². The molecule has 0 aliphatic carbocycles. The number of hydrogen-bond donors (Lipinski definition) is 1. The van der Waals surface area contributed by atoms with E-state index in [0.717, 1.165) is 24.5 Å². The number of carbonyl (C=O) groups is 2. The van der Waals surface area contributed by atoms with Gasteiger partial charge in [0, 0.05) is 6.07 Å². The monoisotopic (exact) mass is 470 g/mol. The van der Waals surface area contributed by atoms with E-state index in [4.69, 9.17) is 14.3 Å². The molecule has 2 amide bonds. The van der Waals surface area contributed by atoms with Crippen LogP contribution in [-0.2, 0) is 15.7 Å². The number of rotatable bonds is 4. The third-order valence-corrected chi connectivity index (χ3v) is 3.47. The highest BCUT2D eigenvalue weighted by Crippen LogP contribution is 2.31. The fraction of sp³-hybridized carbons (Fsp3) is 0.429. The predicted molar refractivity (Wildman–Crippen MR) is 113 cm³/mol.